The molecule has 0 atom stereocenters. The molecule has 0 radical (unpaired) electrons. The number of ketones is 1. The second-order valence-corrected chi connectivity index (χ2v) is 13.4. The van der Waals surface area contributed by atoms with Crippen molar-refractivity contribution >= 4 is 24.5 Å². The van der Waals surface area contributed by atoms with Crippen molar-refractivity contribution in [2.75, 3.05) is 6.61 Å². The molecule has 2 nitrogen and oxygen atoms in total. The summed E-state index contributed by atoms with van der Waals surface area (Å²) in [6.07, 6.45) is 6.31. The third-order valence-electron chi connectivity index (χ3n) is 5.83. The smallest absolute Gasteiger partial charge is 0.261 e. The van der Waals surface area contributed by atoms with Crippen LogP contribution in [0.1, 0.15) is 47.0 Å². The molecule has 1 aliphatic rings. The summed E-state index contributed by atoms with van der Waals surface area (Å²) in [5, 5.41) is 2.50. The molecule has 0 N–H and O–H groups in total. The second kappa shape index (κ2) is 10.1. The van der Waals surface area contributed by atoms with Crippen LogP contribution in [0.4, 0.5) is 0 Å². The minimum atomic E-state index is -2.53. The van der Waals surface area contributed by atoms with E-state index in [-0.39, 0.29) is 10.8 Å². The average Bonchev–Trinajstić information content (AvgIpc) is 3.16. The van der Waals surface area contributed by atoms with Gasteiger partial charge in [0.15, 0.2) is 5.78 Å². The van der Waals surface area contributed by atoms with Crippen LogP contribution in [-0.4, -0.2) is 20.7 Å². The standard InChI is InChI=1S/C28H32O2Si/c1-23(13-11-14-24-15-12-20-27(24)29)21-22-30-31(28(2,3)4,25-16-7-5-8-17-25)26-18-9-6-10-19-26/h5-10,14,16-19,21H,12,15,20,22H2,1-4H3/b23-21-,24-14-. The van der Waals surface area contributed by atoms with Gasteiger partial charge in [-0.2, -0.15) is 0 Å². The molecular weight excluding hydrogens is 396 g/mol. The van der Waals surface area contributed by atoms with Crippen LogP contribution in [0.3, 0.4) is 0 Å². The number of benzene rings is 2. The molecule has 0 amide bonds. The number of hydrogen-bond acceptors (Lipinski definition) is 2. The van der Waals surface area contributed by atoms with E-state index in [0.717, 1.165) is 24.0 Å². The van der Waals surface area contributed by atoms with Crippen molar-refractivity contribution in [3.63, 3.8) is 0 Å². The zero-order chi connectivity index (χ0) is 22.3. The summed E-state index contributed by atoms with van der Waals surface area (Å²) in [6, 6.07) is 21.3. The maximum atomic E-state index is 11.7. The predicted octanol–water partition coefficient (Wildman–Crippen LogP) is 5.19. The summed E-state index contributed by atoms with van der Waals surface area (Å²) in [4.78, 5) is 11.7. The average molecular weight is 429 g/mol. The molecule has 0 bridgehead atoms. The van der Waals surface area contributed by atoms with E-state index in [0.29, 0.717) is 13.0 Å². The van der Waals surface area contributed by atoms with E-state index in [9.17, 15) is 4.79 Å². The van der Waals surface area contributed by atoms with Gasteiger partial charge in [-0.1, -0.05) is 93.3 Å². The summed E-state index contributed by atoms with van der Waals surface area (Å²) in [5.74, 6) is 6.45. The summed E-state index contributed by atoms with van der Waals surface area (Å²) in [7, 11) is -2.53. The highest BCUT2D eigenvalue weighted by molar-refractivity contribution is 6.99. The summed E-state index contributed by atoms with van der Waals surface area (Å²) in [6.45, 7) is 9.33. The molecule has 1 fully saturated rings. The van der Waals surface area contributed by atoms with E-state index in [1.54, 1.807) is 6.08 Å². The number of carbonyl (C=O) groups excluding carboxylic acids is 1. The lowest BCUT2D eigenvalue weighted by Crippen LogP contribution is -2.66. The van der Waals surface area contributed by atoms with Crippen molar-refractivity contribution in [3.05, 3.63) is 84.0 Å². The highest BCUT2D eigenvalue weighted by Crippen LogP contribution is 2.36. The van der Waals surface area contributed by atoms with E-state index in [2.05, 4.69) is 99.4 Å². The quantitative estimate of drug-likeness (QED) is 0.372. The van der Waals surface area contributed by atoms with E-state index in [4.69, 9.17) is 4.43 Å². The van der Waals surface area contributed by atoms with Crippen LogP contribution in [0, 0.1) is 11.8 Å². The molecule has 3 rings (SSSR count). The van der Waals surface area contributed by atoms with Gasteiger partial charge < -0.3 is 4.43 Å². The fraction of sp³-hybridized carbons (Fsp3) is 0.321. The fourth-order valence-corrected chi connectivity index (χ4v) is 8.72. The van der Waals surface area contributed by atoms with Crippen molar-refractivity contribution in [1.29, 1.82) is 0 Å². The monoisotopic (exact) mass is 428 g/mol. The molecule has 0 saturated heterocycles. The third-order valence-corrected chi connectivity index (χ3v) is 10.8. The number of rotatable bonds is 5. The van der Waals surface area contributed by atoms with Crippen molar-refractivity contribution in [3.8, 4) is 11.8 Å². The largest absolute Gasteiger partial charge is 0.404 e. The summed E-state index contributed by atoms with van der Waals surface area (Å²) < 4.78 is 6.86. The highest BCUT2D eigenvalue weighted by atomic mass is 28.4. The molecule has 1 aliphatic carbocycles. The second-order valence-electron chi connectivity index (χ2n) is 9.08. The van der Waals surface area contributed by atoms with Gasteiger partial charge in [0.25, 0.3) is 8.32 Å². The van der Waals surface area contributed by atoms with Gasteiger partial charge >= 0.3 is 0 Å². The molecule has 1 saturated carbocycles. The first-order chi connectivity index (χ1) is 14.8. The van der Waals surface area contributed by atoms with Crippen molar-refractivity contribution in [2.24, 2.45) is 0 Å². The molecule has 0 unspecified atom stereocenters. The van der Waals surface area contributed by atoms with Crippen molar-refractivity contribution in [2.45, 2.75) is 52.0 Å². The number of carbonyl (C=O) groups is 1. The van der Waals surface area contributed by atoms with Gasteiger partial charge in [-0.25, -0.2) is 0 Å². The van der Waals surface area contributed by atoms with Gasteiger partial charge in [0.05, 0.1) is 6.61 Å². The maximum Gasteiger partial charge on any atom is 0.261 e. The van der Waals surface area contributed by atoms with Gasteiger partial charge in [0.2, 0.25) is 0 Å². The molecule has 0 aromatic heterocycles. The van der Waals surface area contributed by atoms with E-state index < -0.39 is 8.32 Å². The van der Waals surface area contributed by atoms with Crippen molar-refractivity contribution in [1.82, 2.24) is 0 Å². The van der Waals surface area contributed by atoms with Crippen LogP contribution in [0.25, 0.3) is 0 Å². The first-order valence-corrected chi connectivity index (χ1v) is 12.9. The van der Waals surface area contributed by atoms with Crippen LogP contribution < -0.4 is 10.4 Å². The Labute approximate surface area is 188 Å². The molecular formula is C28H32O2Si. The third kappa shape index (κ3) is 5.33. The Kier molecular flexibility index (Phi) is 7.49. The zero-order valence-electron chi connectivity index (χ0n) is 19.1. The number of allylic oxidation sites excluding steroid dienone is 3. The molecule has 3 heteroatoms. The first-order valence-electron chi connectivity index (χ1n) is 11.0. The lowest BCUT2D eigenvalue weighted by atomic mass is 10.2. The van der Waals surface area contributed by atoms with Crippen molar-refractivity contribution < 1.29 is 9.22 Å². The van der Waals surface area contributed by atoms with E-state index in [1.807, 2.05) is 6.92 Å². The number of Topliss-reactive ketones (excluding diaryl/α,β-unsaturated/α-hetero) is 1. The van der Waals surface area contributed by atoms with E-state index >= 15 is 0 Å². The normalized spacial score (nSPS) is 16.3. The predicted molar refractivity (Wildman–Crippen MR) is 132 cm³/mol. The summed E-state index contributed by atoms with van der Waals surface area (Å²) in [5.41, 5.74) is 1.82. The van der Waals surface area contributed by atoms with Crippen LogP contribution in [0.15, 0.2) is 84.0 Å². The van der Waals surface area contributed by atoms with Gasteiger partial charge in [-0.15, -0.1) is 0 Å². The Balaban J connectivity index is 1.88. The first kappa shape index (κ1) is 23.0. The molecule has 0 aliphatic heterocycles. The zero-order valence-corrected chi connectivity index (χ0v) is 20.1. The summed E-state index contributed by atoms with van der Waals surface area (Å²) >= 11 is 0. The molecule has 0 heterocycles. The molecule has 160 valence electrons. The van der Waals surface area contributed by atoms with Gasteiger partial charge in [0, 0.05) is 12.0 Å². The Bertz CT molecular complexity index is 976. The molecule has 2 aromatic rings. The van der Waals surface area contributed by atoms with Crippen LogP contribution in [-0.2, 0) is 9.22 Å². The molecule has 2 aromatic carbocycles. The molecule has 31 heavy (non-hydrogen) atoms. The van der Waals surface area contributed by atoms with Gasteiger partial charge in [-0.3, -0.25) is 4.79 Å². The minimum Gasteiger partial charge on any atom is -0.404 e. The van der Waals surface area contributed by atoms with E-state index in [1.165, 1.54) is 10.4 Å². The lowest BCUT2D eigenvalue weighted by molar-refractivity contribution is -0.114. The molecule has 0 spiro atoms. The highest BCUT2D eigenvalue weighted by Gasteiger charge is 2.49. The van der Waals surface area contributed by atoms with Gasteiger partial charge in [0.1, 0.15) is 0 Å². The lowest BCUT2D eigenvalue weighted by Gasteiger charge is -2.42. The Morgan fingerprint density at radius 2 is 1.58 bits per heavy atom. The maximum absolute atomic E-state index is 11.7. The van der Waals surface area contributed by atoms with Crippen LogP contribution in [0.5, 0.6) is 0 Å². The minimum absolute atomic E-state index is 0.0453. The van der Waals surface area contributed by atoms with Gasteiger partial charge in [-0.05, 0) is 52.9 Å². The topological polar surface area (TPSA) is 26.3 Å². The Morgan fingerprint density at radius 3 is 2.06 bits per heavy atom. The Hall–Kier alpha value is -2.67. The van der Waals surface area contributed by atoms with Crippen LogP contribution in [0.2, 0.25) is 5.04 Å². The SMILES string of the molecule is C/C(C#C/C=C1/CCCC1=O)=C/CO[Si](c1ccccc1)(c1ccccc1)C(C)(C)C. The number of hydrogen-bond donors (Lipinski definition) is 0. The Morgan fingerprint density at radius 1 is 1.00 bits per heavy atom. The van der Waals surface area contributed by atoms with Crippen LogP contribution >= 0.6 is 0 Å². The fourth-order valence-electron chi connectivity index (χ4n) is 4.23.